The topological polar surface area (TPSA) is 55.6 Å². The number of aromatic nitrogens is 2. The summed E-state index contributed by atoms with van der Waals surface area (Å²) in [5.41, 5.74) is 4.36. The van der Waals surface area contributed by atoms with Crippen molar-refractivity contribution in [2.24, 2.45) is 0 Å². The molecule has 0 saturated heterocycles. The second kappa shape index (κ2) is 10.0. The van der Waals surface area contributed by atoms with Crippen LogP contribution in [0.25, 0.3) is 16.9 Å². The number of nitrogens with one attached hydrogen (secondary N) is 1. The lowest BCUT2D eigenvalue weighted by atomic mass is 9.95. The number of halogens is 1. The lowest BCUT2D eigenvalue weighted by molar-refractivity contribution is 0.0735. The molecule has 2 heterocycles. The van der Waals surface area contributed by atoms with Gasteiger partial charge in [0.1, 0.15) is 22.9 Å². The van der Waals surface area contributed by atoms with Crippen LogP contribution in [0, 0.1) is 0 Å². The number of pyridine rings is 1. The van der Waals surface area contributed by atoms with Crippen LogP contribution in [0.15, 0.2) is 71.3 Å². The van der Waals surface area contributed by atoms with Crippen LogP contribution in [0.5, 0.6) is 5.75 Å². The fraction of sp³-hybridized carbons (Fsp3) is 0.286. The lowest BCUT2D eigenvalue weighted by Crippen LogP contribution is -2.23. The van der Waals surface area contributed by atoms with E-state index >= 15 is 0 Å². The zero-order valence-electron chi connectivity index (χ0n) is 19.3. The van der Waals surface area contributed by atoms with Crippen molar-refractivity contribution in [3.63, 3.8) is 0 Å². The molecule has 5 nitrogen and oxygen atoms in total. The molecule has 2 aromatic carbocycles. The monoisotopic (exact) mass is 517 g/mol. The zero-order valence-corrected chi connectivity index (χ0v) is 20.8. The lowest BCUT2D eigenvalue weighted by Gasteiger charge is -2.24. The molecule has 0 spiro atoms. The molecule has 0 aliphatic heterocycles. The number of fused-ring (bicyclic) bond motifs is 1. The zero-order chi connectivity index (χ0) is 23.5. The maximum absolute atomic E-state index is 12.7. The smallest absolute Gasteiger partial charge is 0.343 e. The van der Waals surface area contributed by atoms with Crippen LogP contribution in [-0.2, 0) is 6.42 Å². The van der Waals surface area contributed by atoms with Gasteiger partial charge in [-0.05, 0) is 77.2 Å². The fourth-order valence-corrected chi connectivity index (χ4v) is 4.88. The first-order chi connectivity index (χ1) is 16.6. The Morgan fingerprint density at radius 2 is 1.88 bits per heavy atom. The van der Waals surface area contributed by atoms with Gasteiger partial charge in [0.05, 0.1) is 5.56 Å². The Morgan fingerprint density at radius 3 is 2.65 bits per heavy atom. The van der Waals surface area contributed by atoms with E-state index in [1.807, 2.05) is 66.9 Å². The van der Waals surface area contributed by atoms with Crippen molar-refractivity contribution >= 4 is 33.4 Å². The van der Waals surface area contributed by atoms with E-state index < -0.39 is 0 Å². The molecule has 0 radical (unpaired) electrons. The van der Waals surface area contributed by atoms with Crippen LogP contribution >= 0.6 is 15.9 Å². The summed E-state index contributed by atoms with van der Waals surface area (Å²) >= 11 is 3.59. The van der Waals surface area contributed by atoms with Crippen LogP contribution in [0.4, 0.5) is 5.82 Å². The molecule has 5 rings (SSSR count). The molecule has 1 saturated carbocycles. The molecule has 2 aromatic heterocycles. The highest BCUT2D eigenvalue weighted by Gasteiger charge is 2.20. The highest BCUT2D eigenvalue weighted by molar-refractivity contribution is 9.10. The standard InChI is InChI=1S/C28H28BrN3O2/c1-2-19-11-13-20(14-12-19)28(33)34-24-10-6-7-21(17-24)26-27(30-23-8-4-3-5-9-23)32-18-22(29)15-16-25(32)31-26/h6-7,10-18,23,30H,2-5,8-9H2,1H3. The summed E-state index contributed by atoms with van der Waals surface area (Å²) in [5.74, 6) is 1.12. The normalized spacial score (nSPS) is 14.3. The molecule has 4 aromatic rings. The first-order valence-electron chi connectivity index (χ1n) is 12.0. The predicted octanol–water partition coefficient (Wildman–Crippen LogP) is 7.29. The average Bonchev–Trinajstić information content (AvgIpc) is 3.22. The number of imidazole rings is 1. The van der Waals surface area contributed by atoms with Gasteiger partial charge in [0.2, 0.25) is 0 Å². The van der Waals surface area contributed by atoms with Crippen molar-refractivity contribution in [1.82, 2.24) is 9.38 Å². The van der Waals surface area contributed by atoms with E-state index in [0.29, 0.717) is 17.4 Å². The van der Waals surface area contributed by atoms with Gasteiger partial charge in [-0.15, -0.1) is 0 Å². The SMILES string of the molecule is CCc1ccc(C(=O)Oc2cccc(-c3nc4ccc(Br)cn4c3NC3CCCCC3)c2)cc1. The molecular weight excluding hydrogens is 490 g/mol. The van der Waals surface area contributed by atoms with Gasteiger partial charge in [0.25, 0.3) is 0 Å². The Kier molecular flexibility index (Phi) is 6.68. The third-order valence-electron chi connectivity index (χ3n) is 6.44. The Hall–Kier alpha value is -3.12. The van der Waals surface area contributed by atoms with Crippen molar-refractivity contribution in [1.29, 1.82) is 0 Å². The molecular formula is C28H28BrN3O2. The van der Waals surface area contributed by atoms with Crippen LogP contribution in [0.1, 0.15) is 54.9 Å². The van der Waals surface area contributed by atoms with E-state index in [2.05, 4.69) is 32.6 Å². The maximum Gasteiger partial charge on any atom is 0.343 e. The fourth-order valence-electron chi connectivity index (χ4n) is 4.55. The molecule has 0 unspecified atom stereocenters. The molecule has 174 valence electrons. The van der Waals surface area contributed by atoms with E-state index in [9.17, 15) is 4.79 Å². The number of anilines is 1. The van der Waals surface area contributed by atoms with Crippen molar-refractivity contribution in [2.45, 2.75) is 51.5 Å². The number of benzene rings is 2. The Balaban J connectivity index is 1.46. The molecule has 6 heteroatoms. The minimum absolute atomic E-state index is 0.362. The number of hydrogen-bond acceptors (Lipinski definition) is 4. The second-order valence-electron chi connectivity index (χ2n) is 8.83. The van der Waals surface area contributed by atoms with Crippen LogP contribution in [0.2, 0.25) is 0 Å². The maximum atomic E-state index is 12.7. The quantitative estimate of drug-likeness (QED) is 0.215. The summed E-state index contributed by atoms with van der Waals surface area (Å²) < 4.78 is 8.81. The molecule has 34 heavy (non-hydrogen) atoms. The van der Waals surface area contributed by atoms with Gasteiger partial charge in [-0.1, -0.05) is 50.5 Å². The molecule has 1 N–H and O–H groups in total. The predicted molar refractivity (Wildman–Crippen MR) is 140 cm³/mol. The molecule has 1 aliphatic carbocycles. The number of carbonyl (C=O) groups is 1. The third kappa shape index (κ3) is 4.87. The van der Waals surface area contributed by atoms with Crippen molar-refractivity contribution in [2.75, 3.05) is 5.32 Å². The molecule has 0 bridgehead atoms. The van der Waals surface area contributed by atoms with Crippen molar-refractivity contribution < 1.29 is 9.53 Å². The number of aryl methyl sites for hydroxylation is 1. The molecule has 1 aliphatic rings. The molecule has 0 amide bonds. The number of carbonyl (C=O) groups excluding carboxylic acids is 1. The van der Waals surface area contributed by atoms with Gasteiger partial charge in [-0.25, -0.2) is 9.78 Å². The number of hydrogen-bond donors (Lipinski definition) is 1. The van der Waals surface area contributed by atoms with E-state index in [4.69, 9.17) is 9.72 Å². The summed E-state index contributed by atoms with van der Waals surface area (Å²) in [5, 5.41) is 3.77. The van der Waals surface area contributed by atoms with Crippen LogP contribution in [0.3, 0.4) is 0 Å². The summed E-state index contributed by atoms with van der Waals surface area (Å²) in [6, 6.07) is 19.6. The van der Waals surface area contributed by atoms with Gasteiger partial charge in [-0.2, -0.15) is 0 Å². The van der Waals surface area contributed by atoms with Crippen LogP contribution in [-0.4, -0.2) is 21.4 Å². The summed E-state index contributed by atoms with van der Waals surface area (Å²) in [6.45, 7) is 2.09. The highest BCUT2D eigenvalue weighted by Crippen LogP contribution is 2.34. The van der Waals surface area contributed by atoms with Crippen molar-refractivity contribution in [3.8, 4) is 17.0 Å². The van der Waals surface area contributed by atoms with E-state index in [-0.39, 0.29) is 5.97 Å². The first kappa shape index (κ1) is 22.7. The Labute approximate surface area is 208 Å². The summed E-state index contributed by atoms with van der Waals surface area (Å²) in [6.07, 6.45) is 9.10. The third-order valence-corrected chi connectivity index (χ3v) is 6.91. The van der Waals surface area contributed by atoms with E-state index in [1.54, 1.807) is 0 Å². The van der Waals surface area contributed by atoms with Gasteiger partial charge >= 0.3 is 5.97 Å². The highest BCUT2D eigenvalue weighted by atomic mass is 79.9. The second-order valence-corrected chi connectivity index (χ2v) is 9.75. The van der Waals surface area contributed by atoms with E-state index in [0.717, 1.165) is 46.5 Å². The summed E-state index contributed by atoms with van der Waals surface area (Å²) in [7, 11) is 0. The van der Waals surface area contributed by atoms with E-state index in [1.165, 1.54) is 24.8 Å². The molecule has 1 fully saturated rings. The largest absolute Gasteiger partial charge is 0.423 e. The van der Waals surface area contributed by atoms with Gasteiger partial charge in [-0.3, -0.25) is 4.40 Å². The number of ether oxygens (including phenoxy) is 1. The van der Waals surface area contributed by atoms with Gasteiger partial charge < -0.3 is 10.1 Å². The molecule has 0 atom stereocenters. The number of esters is 1. The van der Waals surface area contributed by atoms with Gasteiger partial charge in [0.15, 0.2) is 0 Å². The number of nitrogens with zero attached hydrogens (tertiary/aromatic N) is 2. The summed E-state index contributed by atoms with van der Waals surface area (Å²) in [4.78, 5) is 17.6. The van der Waals surface area contributed by atoms with Gasteiger partial charge in [0, 0.05) is 22.3 Å². The van der Waals surface area contributed by atoms with Crippen molar-refractivity contribution in [3.05, 3.63) is 82.5 Å². The average molecular weight is 518 g/mol. The minimum Gasteiger partial charge on any atom is -0.423 e. The Bertz CT molecular complexity index is 1310. The Morgan fingerprint density at radius 1 is 1.09 bits per heavy atom. The first-order valence-corrected chi connectivity index (χ1v) is 12.8. The minimum atomic E-state index is -0.362. The van der Waals surface area contributed by atoms with Crippen LogP contribution < -0.4 is 10.1 Å². The number of rotatable bonds is 6.